The summed E-state index contributed by atoms with van der Waals surface area (Å²) in [5, 5.41) is 4.56. The smallest absolute Gasteiger partial charge is 0.282 e. The van der Waals surface area contributed by atoms with Crippen molar-refractivity contribution in [1.82, 2.24) is 14.7 Å². The molecular weight excluding hydrogens is 335 g/mol. The Hall–Kier alpha value is -2.70. The quantitative estimate of drug-likeness (QED) is 0.788. The molecule has 0 radical (unpaired) electrons. The molecule has 1 saturated carbocycles. The number of hydrogen-bond acceptors (Lipinski definition) is 3. The average Bonchev–Trinajstić information content (AvgIpc) is 3.35. The van der Waals surface area contributed by atoms with Gasteiger partial charge in [0.05, 0.1) is 18.3 Å². The molecule has 0 spiro atoms. The summed E-state index contributed by atoms with van der Waals surface area (Å²) < 4.78 is 15.1. The third-order valence-corrected chi connectivity index (χ3v) is 5.23. The molecule has 2 heterocycles. The highest BCUT2D eigenvalue weighted by molar-refractivity contribution is 6.13. The van der Waals surface area contributed by atoms with Gasteiger partial charge in [-0.1, -0.05) is 12.8 Å². The lowest BCUT2D eigenvalue weighted by Gasteiger charge is -2.19. The summed E-state index contributed by atoms with van der Waals surface area (Å²) in [6.07, 6.45) is 6.61. The molecule has 3 amide bonds. The predicted octanol–water partition coefficient (Wildman–Crippen LogP) is 3.49. The van der Waals surface area contributed by atoms with Gasteiger partial charge in [0, 0.05) is 11.9 Å². The third-order valence-electron chi connectivity index (χ3n) is 5.23. The molecule has 6 nitrogen and oxygen atoms in total. The largest absolute Gasteiger partial charge is 0.332 e. The van der Waals surface area contributed by atoms with Crippen molar-refractivity contribution in [3.05, 3.63) is 48.0 Å². The molecule has 2 aliphatic rings. The highest BCUT2D eigenvalue weighted by Gasteiger charge is 2.43. The molecule has 1 saturated heterocycles. The summed E-state index contributed by atoms with van der Waals surface area (Å²) in [5.74, 6) is -0.650. The van der Waals surface area contributed by atoms with E-state index in [0.29, 0.717) is 17.4 Å². The summed E-state index contributed by atoms with van der Waals surface area (Å²) >= 11 is 0. The second-order valence-corrected chi connectivity index (χ2v) is 6.95. The lowest BCUT2D eigenvalue weighted by atomic mass is 10.2. The fourth-order valence-corrected chi connectivity index (χ4v) is 3.80. The van der Waals surface area contributed by atoms with Crippen LogP contribution in [0.5, 0.6) is 0 Å². The van der Waals surface area contributed by atoms with Crippen LogP contribution in [0.4, 0.5) is 14.9 Å². The minimum absolute atomic E-state index is 0.152. The van der Waals surface area contributed by atoms with Crippen LogP contribution in [-0.4, -0.2) is 32.7 Å². The molecule has 4 rings (SSSR count). The normalized spacial score (nSPS) is 21.2. The fourth-order valence-electron chi connectivity index (χ4n) is 3.80. The van der Waals surface area contributed by atoms with Crippen LogP contribution in [0.25, 0.3) is 0 Å². The second-order valence-electron chi connectivity index (χ2n) is 6.95. The maximum atomic E-state index is 13.1. The molecule has 0 N–H and O–H groups in total. The SMILES string of the molecule is CC1C(=O)N(Cc2ccn(C3CCCC3)n2)C(=O)N1c1ccc(F)cc1. The number of imide groups is 1. The van der Waals surface area contributed by atoms with E-state index in [4.69, 9.17) is 0 Å². The van der Waals surface area contributed by atoms with Gasteiger partial charge in [-0.2, -0.15) is 5.10 Å². The van der Waals surface area contributed by atoms with Gasteiger partial charge in [-0.15, -0.1) is 0 Å². The van der Waals surface area contributed by atoms with Crippen molar-refractivity contribution in [2.75, 3.05) is 4.90 Å². The monoisotopic (exact) mass is 356 g/mol. The number of carbonyl (C=O) groups excluding carboxylic acids is 2. The Morgan fingerprint density at radius 3 is 2.50 bits per heavy atom. The van der Waals surface area contributed by atoms with E-state index < -0.39 is 12.1 Å². The molecule has 1 aromatic heterocycles. The maximum absolute atomic E-state index is 13.1. The molecule has 26 heavy (non-hydrogen) atoms. The first-order chi connectivity index (χ1) is 12.5. The maximum Gasteiger partial charge on any atom is 0.332 e. The van der Waals surface area contributed by atoms with Gasteiger partial charge >= 0.3 is 6.03 Å². The Labute approximate surface area is 151 Å². The number of amides is 3. The van der Waals surface area contributed by atoms with Crippen molar-refractivity contribution >= 4 is 17.6 Å². The summed E-state index contributed by atoms with van der Waals surface area (Å²) in [5.41, 5.74) is 1.21. The van der Waals surface area contributed by atoms with Gasteiger partial charge in [0.1, 0.15) is 11.9 Å². The summed E-state index contributed by atoms with van der Waals surface area (Å²) in [6, 6.07) is 6.85. The van der Waals surface area contributed by atoms with Crippen molar-refractivity contribution < 1.29 is 14.0 Å². The van der Waals surface area contributed by atoms with E-state index in [9.17, 15) is 14.0 Å². The number of rotatable bonds is 4. The zero-order valence-corrected chi connectivity index (χ0v) is 14.6. The Morgan fingerprint density at radius 2 is 1.81 bits per heavy atom. The molecule has 2 aromatic rings. The Balaban J connectivity index is 1.52. The predicted molar refractivity (Wildman–Crippen MR) is 94.0 cm³/mol. The zero-order valence-electron chi connectivity index (χ0n) is 14.6. The highest BCUT2D eigenvalue weighted by atomic mass is 19.1. The number of aromatic nitrogens is 2. The molecule has 136 valence electrons. The number of carbonyl (C=O) groups is 2. The van der Waals surface area contributed by atoms with E-state index in [2.05, 4.69) is 5.10 Å². The molecule has 2 fully saturated rings. The highest BCUT2D eigenvalue weighted by Crippen LogP contribution is 2.30. The standard InChI is InChI=1S/C19H21FN4O2/c1-13-18(25)22(19(26)24(13)17-8-6-14(20)7-9-17)12-15-10-11-23(21-15)16-4-2-3-5-16/h6-11,13,16H,2-5,12H2,1H3. The van der Waals surface area contributed by atoms with Crippen LogP contribution in [0, 0.1) is 5.82 Å². The Bertz CT molecular complexity index is 826. The van der Waals surface area contributed by atoms with E-state index in [-0.39, 0.29) is 18.3 Å². The van der Waals surface area contributed by atoms with Crippen LogP contribution in [0.1, 0.15) is 44.3 Å². The molecule has 1 unspecified atom stereocenters. The summed E-state index contributed by atoms with van der Waals surface area (Å²) in [7, 11) is 0. The number of anilines is 1. The van der Waals surface area contributed by atoms with E-state index in [1.807, 2.05) is 16.9 Å². The zero-order chi connectivity index (χ0) is 18.3. The van der Waals surface area contributed by atoms with Gasteiger partial charge in [0.15, 0.2) is 0 Å². The molecule has 1 atom stereocenters. The third kappa shape index (κ3) is 2.87. The molecule has 1 aliphatic carbocycles. The molecule has 1 aliphatic heterocycles. The molecule has 0 bridgehead atoms. The number of urea groups is 1. The van der Waals surface area contributed by atoms with Gasteiger partial charge in [0.25, 0.3) is 5.91 Å². The van der Waals surface area contributed by atoms with E-state index in [0.717, 1.165) is 12.8 Å². The van der Waals surface area contributed by atoms with Gasteiger partial charge in [-0.05, 0) is 50.1 Å². The van der Waals surface area contributed by atoms with Crippen LogP contribution < -0.4 is 4.90 Å². The van der Waals surface area contributed by atoms with Crippen LogP contribution >= 0.6 is 0 Å². The van der Waals surface area contributed by atoms with Gasteiger partial charge in [-0.25, -0.2) is 9.18 Å². The van der Waals surface area contributed by atoms with Crippen molar-refractivity contribution in [2.24, 2.45) is 0 Å². The van der Waals surface area contributed by atoms with Crippen LogP contribution in [0.15, 0.2) is 36.5 Å². The van der Waals surface area contributed by atoms with Crippen LogP contribution in [0.2, 0.25) is 0 Å². The lowest BCUT2D eigenvalue weighted by Crippen LogP contribution is -2.33. The Kier molecular flexibility index (Phi) is 4.22. The number of nitrogens with zero attached hydrogens (tertiary/aromatic N) is 4. The van der Waals surface area contributed by atoms with Gasteiger partial charge in [-0.3, -0.25) is 19.3 Å². The van der Waals surface area contributed by atoms with Crippen LogP contribution in [0.3, 0.4) is 0 Å². The topological polar surface area (TPSA) is 58.4 Å². The van der Waals surface area contributed by atoms with Gasteiger partial charge in [0.2, 0.25) is 0 Å². The molecule has 1 aromatic carbocycles. The first-order valence-corrected chi connectivity index (χ1v) is 8.99. The number of benzene rings is 1. The molecule has 7 heteroatoms. The first kappa shape index (κ1) is 16.8. The lowest BCUT2D eigenvalue weighted by molar-refractivity contribution is -0.127. The number of halogens is 1. The van der Waals surface area contributed by atoms with Crippen molar-refractivity contribution in [2.45, 2.75) is 51.2 Å². The van der Waals surface area contributed by atoms with Crippen molar-refractivity contribution in [3.8, 4) is 0 Å². The number of hydrogen-bond donors (Lipinski definition) is 0. The summed E-state index contributed by atoms with van der Waals surface area (Å²) in [6.45, 7) is 1.83. The minimum Gasteiger partial charge on any atom is -0.282 e. The summed E-state index contributed by atoms with van der Waals surface area (Å²) in [4.78, 5) is 28.0. The van der Waals surface area contributed by atoms with E-state index >= 15 is 0 Å². The van der Waals surface area contributed by atoms with E-state index in [1.165, 1.54) is 46.9 Å². The average molecular weight is 356 g/mol. The molecular formula is C19H21FN4O2. The fraction of sp³-hybridized carbons (Fsp3) is 0.421. The minimum atomic E-state index is -0.620. The van der Waals surface area contributed by atoms with Crippen molar-refractivity contribution in [3.63, 3.8) is 0 Å². The Morgan fingerprint density at radius 1 is 1.12 bits per heavy atom. The second kappa shape index (κ2) is 6.55. The van der Waals surface area contributed by atoms with Crippen molar-refractivity contribution in [1.29, 1.82) is 0 Å². The first-order valence-electron chi connectivity index (χ1n) is 8.99. The van der Waals surface area contributed by atoms with Crippen LogP contribution in [-0.2, 0) is 11.3 Å². The van der Waals surface area contributed by atoms with Gasteiger partial charge < -0.3 is 0 Å². The van der Waals surface area contributed by atoms with E-state index in [1.54, 1.807) is 6.92 Å².